The molecule has 1 heterocycles. The van der Waals surface area contributed by atoms with E-state index in [0.717, 1.165) is 23.9 Å². The lowest BCUT2D eigenvalue weighted by Gasteiger charge is -2.46. The Kier molecular flexibility index (Phi) is 7.38. The summed E-state index contributed by atoms with van der Waals surface area (Å²) in [6.45, 7) is 16.6. The second-order valence-corrected chi connectivity index (χ2v) is 7.23. The maximum absolute atomic E-state index is 3.78. The second kappa shape index (κ2) is 8.26. The molecule has 19 heavy (non-hydrogen) atoms. The molecule has 0 spiro atoms. The van der Waals surface area contributed by atoms with E-state index in [4.69, 9.17) is 0 Å². The second-order valence-electron chi connectivity index (χ2n) is 7.23. The van der Waals surface area contributed by atoms with Crippen LogP contribution >= 0.6 is 0 Å². The Morgan fingerprint density at radius 2 is 1.84 bits per heavy atom. The van der Waals surface area contributed by atoms with Gasteiger partial charge in [-0.2, -0.15) is 0 Å². The van der Waals surface area contributed by atoms with E-state index in [-0.39, 0.29) is 0 Å². The monoisotopic (exact) mass is 268 g/mol. The summed E-state index contributed by atoms with van der Waals surface area (Å²) in [6.07, 6.45) is 5.35. The van der Waals surface area contributed by atoms with Crippen molar-refractivity contribution in [2.75, 3.05) is 13.1 Å². The standard InChI is InChI=1S/C17H36N2/c1-7-8-9-15(6)19-12-16(10-13(2)3)18-11-17(19)14(4)5/h13-18H,7-12H2,1-6H3. The summed E-state index contributed by atoms with van der Waals surface area (Å²) in [6, 6.07) is 2.15. The molecule has 0 saturated carbocycles. The molecule has 0 aromatic heterocycles. The molecule has 114 valence electrons. The van der Waals surface area contributed by atoms with Gasteiger partial charge in [-0.05, 0) is 31.6 Å². The molecule has 0 aromatic carbocycles. The van der Waals surface area contributed by atoms with Crippen molar-refractivity contribution in [2.45, 2.75) is 85.4 Å². The zero-order valence-corrected chi connectivity index (χ0v) is 14.1. The minimum atomic E-state index is 0.694. The van der Waals surface area contributed by atoms with Gasteiger partial charge in [0.2, 0.25) is 0 Å². The Hall–Kier alpha value is -0.0800. The van der Waals surface area contributed by atoms with Crippen LogP contribution in [0.1, 0.15) is 67.2 Å². The van der Waals surface area contributed by atoms with Gasteiger partial charge in [0, 0.05) is 31.2 Å². The Bertz CT molecular complexity index is 237. The maximum Gasteiger partial charge on any atom is 0.0247 e. The van der Waals surface area contributed by atoms with Gasteiger partial charge >= 0.3 is 0 Å². The van der Waals surface area contributed by atoms with Crippen molar-refractivity contribution in [3.63, 3.8) is 0 Å². The molecule has 2 nitrogen and oxygen atoms in total. The van der Waals surface area contributed by atoms with E-state index < -0.39 is 0 Å². The minimum absolute atomic E-state index is 0.694. The highest BCUT2D eigenvalue weighted by Crippen LogP contribution is 2.22. The normalized spacial score (nSPS) is 27.2. The summed E-state index contributed by atoms with van der Waals surface area (Å²) in [5, 5.41) is 3.78. The third-order valence-corrected chi connectivity index (χ3v) is 4.54. The van der Waals surface area contributed by atoms with Gasteiger partial charge in [-0.1, -0.05) is 47.5 Å². The van der Waals surface area contributed by atoms with Crippen molar-refractivity contribution in [2.24, 2.45) is 11.8 Å². The van der Waals surface area contributed by atoms with Crippen molar-refractivity contribution in [3.05, 3.63) is 0 Å². The first-order valence-electron chi connectivity index (χ1n) is 8.44. The molecule has 1 fully saturated rings. The lowest BCUT2D eigenvalue weighted by Crippen LogP contribution is -2.60. The van der Waals surface area contributed by atoms with Crippen LogP contribution < -0.4 is 5.32 Å². The van der Waals surface area contributed by atoms with E-state index >= 15 is 0 Å². The van der Waals surface area contributed by atoms with Crippen molar-refractivity contribution >= 4 is 0 Å². The van der Waals surface area contributed by atoms with E-state index in [1.807, 2.05) is 0 Å². The van der Waals surface area contributed by atoms with Gasteiger partial charge < -0.3 is 5.32 Å². The molecule has 1 saturated heterocycles. The average molecular weight is 268 g/mol. The van der Waals surface area contributed by atoms with Crippen LogP contribution in [-0.2, 0) is 0 Å². The molecule has 0 aliphatic carbocycles. The molecule has 1 aliphatic rings. The van der Waals surface area contributed by atoms with E-state index in [1.165, 1.54) is 38.8 Å². The number of hydrogen-bond acceptors (Lipinski definition) is 2. The number of unbranched alkanes of at least 4 members (excludes halogenated alkanes) is 1. The highest BCUT2D eigenvalue weighted by molar-refractivity contribution is 4.90. The van der Waals surface area contributed by atoms with Crippen molar-refractivity contribution in [1.29, 1.82) is 0 Å². The molecular formula is C17H36N2. The highest BCUT2D eigenvalue weighted by atomic mass is 15.3. The summed E-state index contributed by atoms with van der Waals surface area (Å²) in [7, 11) is 0. The van der Waals surface area contributed by atoms with Crippen LogP contribution in [0, 0.1) is 11.8 Å². The van der Waals surface area contributed by atoms with Gasteiger partial charge in [0.1, 0.15) is 0 Å². The van der Waals surface area contributed by atoms with Crippen molar-refractivity contribution in [3.8, 4) is 0 Å². The van der Waals surface area contributed by atoms with Gasteiger partial charge in [0.15, 0.2) is 0 Å². The molecule has 0 radical (unpaired) electrons. The fourth-order valence-corrected chi connectivity index (χ4v) is 3.38. The molecule has 1 aliphatic heterocycles. The topological polar surface area (TPSA) is 15.3 Å². The molecule has 2 heteroatoms. The SMILES string of the molecule is CCCCC(C)N1CC(CC(C)C)NCC1C(C)C. The maximum atomic E-state index is 3.78. The van der Waals surface area contributed by atoms with Crippen LogP contribution in [0.3, 0.4) is 0 Å². The number of nitrogens with one attached hydrogen (secondary N) is 1. The average Bonchev–Trinajstić information content (AvgIpc) is 2.34. The van der Waals surface area contributed by atoms with Crippen molar-refractivity contribution in [1.82, 2.24) is 10.2 Å². The van der Waals surface area contributed by atoms with Crippen LogP contribution in [-0.4, -0.2) is 36.1 Å². The quantitative estimate of drug-likeness (QED) is 0.753. The molecule has 0 aromatic rings. The molecular weight excluding hydrogens is 232 g/mol. The Morgan fingerprint density at radius 1 is 1.16 bits per heavy atom. The molecule has 1 rings (SSSR count). The minimum Gasteiger partial charge on any atom is -0.311 e. The van der Waals surface area contributed by atoms with Gasteiger partial charge in [-0.15, -0.1) is 0 Å². The number of piperazine rings is 1. The molecule has 1 N–H and O–H groups in total. The zero-order chi connectivity index (χ0) is 14.4. The molecule has 3 atom stereocenters. The third-order valence-electron chi connectivity index (χ3n) is 4.54. The Labute approximate surface area is 121 Å². The predicted octanol–water partition coefficient (Wildman–Crippen LogP) is 3.91. The van der Waals surface area contributed by atoms with E-state index in [1.54, 1.807) is 0 Å². The van der Waals surface area contributed by atoms with Crippen LogP contribution in [0.5, 0.6) is 0 Å². The fourth-order valence-electron chi connectivity index (χ4n) is 3.38. The summed E-state index contributed by atoms with van der Waals surface area (Å²) >= 11 is 0. The summed E-state index contributed by atoms with van der Waals surface area (Å²) in [5.41, 5.74) is 0. The molecule has 0 amide bonds. The predicted molar refractivity (Wildman–Crippen MR) is 85.6 cm³/mol. The summed E-state index contributed by atoms with van der Waals surface area (Å²) in [5.74, 6) is 1.54. The smallest absolute Gasteiger partial charge is 0.0247 e. The van der Waals surface area contributed by atoms with Crippen molar-refractivity contribution < 1.29 is 0 Å². The van der Waals surface area contributed by atoms with Gasteiger partial charge in [0.05, 0.1) is 0 Å². The number of nitrogens with zero attached hydrogens (tertiary/aromatic N) is 1. The van der Waals surface area contributed by atoms with E-state index in [2.05, 4.69) is 51.8 Å². The van der Waals surface area contributed by atoms with E-state index in [0.29, 0.717) is 6.04 Å². The third kappa shape index (κ3) is 5.43. The van der Waals surface area contributed by atoms with Crippen LogP contribution in [0.4, 0.5) is 0 Å². The summed E-state index contributed by atoms with van der Waals surface area (Å²) < 4.78 is 0. The lowest BCUT2D eigenvalue weighted by molar-refractivity contribution is 0.0534. The lowest BCUT2D eigenvalue weighted by atomic mass is 9.92. The summed E-state index contributed by atoms with van der Waals surface area (Å²) in [4.78, 5) is 2.80. The highest BCUT2D eigenvalue weighted by Gasteiger charge is 2.32. The van der Waals surface area contributed by atoms with Gasteiger partial charge in [-0.25, -0.2) is 0 Å². The van der Waals surface area contributed by atoms with Crippen LogP contribution in [0.2, 0.25) is 0 Å². The van der Waals surface area contributed by atoms with Gasteiger partial charge in [0.25, 0.3) is 0 Å². The van der Waals surface area contributed by atoms with E-state index in [9.17, 15) is 0 Å². The number of rotatable bonds is 7. The van der Waals surface area contributed by atoms with Crippen LogP contribution in [0.25, 0.3) is 0 Å². The Morgan fingerprint density at radius 3 is 2.37 bits per heavy atom. The largest absolute Gasteiger partial charge is 0.311 e. The first-order chi connectivity index (χ1) is 8.95. The van der Waals surface area contributed by atoms with Gasteiger partial charge in [-0.3, -0.25) is 4.90 Å². The number of hydrogen-bond donors (Lipinski definition) is 1. The first-order valence-corrected chi connectivity index (χ1v) is 8.44. The zero-order valence-electron chi connectivity index (χ0n) is 14.1. The Balaban J connectivity index is 2.61. The molecule has 3 unspecified atom stereocenters. The molecule has 0 bridgehead atoms. The first kappa shape index (κ1) is 17.0. The van der Waals surface area contributed by atoms with Crippen LogP contribution in [0.15, 0.2) is 0 Å². The fraction of sp³-hybridized carbons (Fsp3) is 1.00.